The molecule has 7 heteroatoms. The van der Waals surface area contributed by atoms with E-state index in [1.54, 1.807) is 22.6 Å². The van der Waals surface area contributed by atoms with Crippen molar-refractivity contribution < 1.29 is 9.53 Å². The van der Waals surface area contributed by atoms with Crippen LogP contribution in [0.2, 0.25) is 0 Å². The first-order valence-corrected chi connectivity index (χ1v) is 8.35. The average Bonchev–Trinajstić information content (AvgIpc) is 2.95. The number of hydrogen-bond acceptors (Lipinski definition) is 4. The first-order valence-electron chi connectivity index (χ1n) is 8.35. The molecule has 132 valence electrons. The zero-order valence-electron chi connectivity index (χ0n) is 14.3. The van der Waals surface area contributed by atoms with Gasteiger partial charge in [-0.1, -0.05) is 30.9 Å². The molecule has 1 fully saturated rings. The highest BCUT2D eigenvalue weighted by atomic mass is 16.6. The minimum absolute atomic E-state index is 0.0147. The smallest absolute Gasteiger partial charge is 0.410 e. The SMILES string of the molecule is C=CCOC(=O)N1CCCC(c2nn(C)c(=O)n2-c2ccccc2)C1. The molecule has 1 aromatic heterocycles. The van der Waals surface area contributed by atoms with E-state index in [1.165, 1.54) is 4.68 Å². The van der Waals surface area contributed by atoms with Crippen LogP contribution in [0.3, 0.4) is 0 Å². The second-order valence-corrected chi connectivity index (χ2v) is 6.09. The van der Waals surface area contributed by atoms with E-state index in [4.69, 9.17) is 4.74 Å². The Morgan fingerprint density at radius 1 is 1.40 bits per heavy atom. The summed E-state index contributed by atoms with van der Waals surface area (Å²) in [5.41, 5.74) is 0.592. The van der Waals surface area contributed by atoms with Crippen LogP contribution in [0.5, 0.6) is 0 Å². The molecule has 3 rings (SSSR count). The van der Waals surface area contributed by atoms with Crippen LogP contribution in [0, 0.1) is 0 Å². The van der Waals surface area contributed by atoms with E-state index in [0.29, 0.717) is 18.9 Å². The van der Waals surface area contributed by atoms with Crippen molar-refractivity contribution in [2.45, 2.75) is 18.8 Å². The van der Waals surface area contributed by atoms with Crippen molar-refractivity contribution >= 4 is 6.09 Å². The van der Waals surface area contributed by atoms with E-state index in [0.717, 1.165) is 18.5 Å². The van der Waals surface area contributed by atoms with Gasteiger partial charge < -0.3 is 9.64 Å². The molecule has 0 spiro atoms. The molecule has 25 heavy (non-hydrogen) atoms. The molecule has 7 nitrogen and oxygen atoms in total. The molecule has 0 radical (unpaired) electrons. The Balaban J connectivity index is 1.89. The quantitative estimate of drug-likeness (QED) is 0.798. The van der Waals surface area contributed by atoms with Gasteiger partial charge in [-0.05, 0) is 25.0 Å². The minimum atomic E-state index is -0.353. The Labute approximate surface area is 146 Å². The van der Waals surface area contributed by atoms with Gasteiger partial charge in [-0.3, -0.25) is 0 Å². The number of para-hydroxylation sites is 1. The fraction of sp³-hybridized carbons (Fsp3) is 0.389. The molecular formula is C18H22N4O3. The number of ether oxygens (including phenoxy) is 1. The number of likely N-dealkylation sites (tertiary alicyclic amines) is 1. The van der Waals surface area contributed by atoms with Crippen molar-refractivity contribution in [1.29, 1.82) is 0 Å². The van der Waals surface area contributed by atoms with Crippen molar-refractivity contribution in [2.24, 2.45) is 7.05 Å². The Hall–Kier alpha value is -2.83. The number of carbonyl (C=O) groups excluding carboxylic acids is 1. The summed E-state index contributed by atoms with van der Waals surface area (Å²) in [6, 6.07) is 9.44. The summed E-state index contributed by atoms with van der Waals surface area (Å²) >= 11 is 0. The number of hydrogen-bond donors (Lipinski definition) is 0. The van der Waals surface area contributed by atoms with Crippen LogP contribution in [-0.4, -0.2) is 45.0 Å². The molecule has 1 saturated heterocycles. The molecule has 1 aliphatic heterocycles. The highest BCUT2D eigenvalue weighted by molar-refractivity contribution is 5.68. The third-order valence-electron chi connectivity index (χ3n) is 4.33. The second kappa shape index (κ2) is 7.38. The van der Waals surface area contributed by atoms with Crippen LogP contribution in [0.4, 0.5) is 4.79 Å². The van der Waals surface area contributed by atoms with Gasteiger partial charge in [-0.25, -0.2) is 18.8 Å². The summed E-state index contributed by atoms with van der Waals surface area (Å²) in [6.07, 6.45) is 2.90. The average molecular weight is 342 g/mol. The maximum atomic E-state index is 12.5. The number of piperidine rings is 1. The van der Waals surface area contributed by atoms with Gasteiger partial charge in [0, 0.05) is 26.1 Å². The molecule has 2 aromatic rings. The van der Waals surface area contributed by atoms with Gasteiger partial charge in [0.25, 0.3) is 0 Å². The van der Waals surface area contributed by atoms with E-state index >= 15 is 0 Å². The lowest BCUT2D eigenvalue weighted by Crippen LogP contribution is -2.40. The molecule has 0 N–H and O–H groups in total. The predicted molar refractivity (Wildman–Crippen MR) is 93.9 cm³/mol. The molecule has 0 saturated carbocycles. The summed E-state index contributed by atoms with van der Waals surface area (Å²) in [5, 5.41) is 4.44. The van der Waals surface area contributed by atoms with Crippen LogP contribution in [0.1, 0.15) is 24.6 Å². The van der Waals surface area contributed by atoms with Crippen molar-refractivity contribution in [2.75, 3.05) is 19.7 Å². The minimum Gasteiger partial charge on any atom is -0.445 e. The third kappa shape index (κ3) is 3.50. The first kappa shape index (κ1) is 17.0. The monoisotopic (exact) mass is 342 g/mol. The molecule has 1 aliphatic rings. The van der Waals surface area contributed by atoms with Crippen molar-refractivity contribution in [3.05, 3.63) is 59.3 Å². The Kier molecular flexibility index (Phi) is 5.02. The Morgan fingerprint density at radius 3 is 2.88 bits per heavy atom. The molecule has 0 bridgehead atoms. The number of amides is 1. The first-order chi connectivity index (χ1) is 12.1. The zero-order valence-corrected chi connectivity index (χ0v) is 14.3. The van der Waals surface area contributed by atoms with E-state index in [2.05, 4.69) is 11.7 Å². The molecule has 1 atom stereocenters. The molecular weight excluding hydrogens is 320 g/mol. The van der Waals surface area contributed by atoms with Gasteiger partial charge >= 0.3 is 11.8 Å². The van der Waals surface area contributed by atoms with E-state index in [1.807, 2.05) is 30.3 Å². The number of aryl methyl sites for hydroxylation is 1. The van der Waals surface area contributed by atoms with Gasteiger partial charge in [-0.15, -0.1) is 0 Å². The molecule has 1 aromatic carbocycles. The number of rotatable bonds is 4. The highest BCUT2D eigenvalue weighted by Crippen LogP contribution is 2.26. The van der Waals surface area contributed by atoms with Crippen LogP contribution in [0.15, 0.2) is 47.8 Å². The second-order valence-electron chi connectivity index (χ2n) is 6.09. The number of nitrogens with zero attached hydrogens (tertiary/aromatic N) is 4. The summed E-state index contributed by atoms with van der Waals surface area (Å²) < 4.78 is 8.11. The normalized spacial score (nSPS) is 17.3. The van der Waals surface area contributed by atoms with Crippen molar-refractivity contribution in [1.82, 2.24) is 19.2 Å². The summed E-state index contributed by atoms with van der Waals surface area (Å²) in [7, 11) is 1.64. The lowest BCUT2D eigenvalue weighted by Gasteiger charge is -2.31. The number of benzene rings is 1. The predicted octanol–water partition coefficient (Wildman–Crippen LogP) is 2.07. The molecule has 0 aliphatic carbocycles. The lowest BCUT2D eigenvalue weighted by atomic mass is 9.97. The zero-order chi connectivity index (χ0) is 17.8. The van der Waals surface area contributed by atoms with Gasteiger partial charge in [0.05, 0.1) is 5.69 Å². The summed E-state index contributed by atoms with van der Waals surface area (Å²) in [5.74, 6) is 0.666. The van der Waals surface area contributed by atoms with Crippen molar-refractivity contribution in [3.63, 3.8) is 0 Å². The maximum Gasteiger partial charge on any atom is 0.410 e. The van der Waals surface area contributed by atoms with Gasteiger partial charge in [-0.2, -0.15) is 5.10 Å². The summed E-state index contributed by atoms with van der Waals surface area (Å²) in [6.45, 7) is 4.88. The molecule has 1 unspecified atom stereocenters. The Bertz CT molecular complexity index is 809. The highest BCUT2D eigenvalue weighted by Gasteiger charge is 2.30. The largest absolute Gasteiger partial charge is 0.445 e. The van der Waals surface area contributed by atoms with Gasteiger partial charge in [0.2, 0.25) is 0 Å². The van der Waals surface area contributed by atoms with E-state index in [-0.39, 0.29) is 24.3 Å². The number of carbonyl (C=O) groups is 1. The topological polar surface area (TPSA) is 69.4 Å². The van der Waals surface area contributed by atoms with Gasteiger partial charge in [0.1, 0.15) is 12.4 Å². The van der Waals surface area contributed by atoms with E-state index < -0.39 is 0 Å². The van der Waals surface area contributed by atoms with E-state index in [9.17, 15) is 9.59 Å². The Morgan fingerprint density at radius 2 is 2.16 bits per heavy atom. The van der Waals surface area contributed by atoms with Gasteiger partial charge in [0.15, 0.2) is 0 Å². The van der Waals surface area contributed by atoms with Crippen LogP contribution < -0.4 is 5.69 Å². The standard InChI is InChI=1S/C18H22N4O3/c1-3-12-25-18(24)21-11-7-8-14(13-21)16-19-20(2)17(23)22(16)15-9-5-4-6-10-15/h3-6,9-10,14H,1,7-8,11-13H2,2H3. The number of aromatic nitrogens is 3. The maximum absolute atomic E-state index is 12.5. The van der Waals surface area contributed by atoms with Crippen LogP contribution >= 0.6 is 0 Å². The van der Waals surface area contributed by atoms with Crippen LogP contribution in [0.25, 0.3) is 5.69 Å². The molecule has 1 amide bonds. The fourth-order valence-corrected chi connectivity index (χ4v) is 3.14. The third-order valence-corrected chi connectivity index (χ3v) is 4.33. The van der Waals surface area contributed by atoms with Crippen LogP contribution in [-0.2, 0) is 11.8 Å². The fourth-order valence-electron chi connectivity index (χ4n) is 3.14. The summed E-state index contributed by atoms with van der Waals surface area (Å²) in [4.78, 5) is 26.3. The lowest BCUT2D eigenvalue weighted by molar-refractivity contribution is 0.0996. The molecule has 2 heterocycles. The van der Waals surface area contributed by atoms with Crippen molar-refractivity contribution in [3.8, 4) is 5.69 Å².